The van der Waals surface area contributed by atoms with Gasteiger partial charge in [-0.3, -0.25) is 0 Å². The Labute approximate surface area is 176 Å². The Morgan fingerprint density at radius 2 is 1.48 bits per heavy atom. The van der Waals surface area contributed by atoms with Gasteiger partial charge in [0.05, 0.1) is 0 Å². The molecule has 152 valence electrons. The van der Waals surface area contributed by atoms with E-state index in [1.807, 2.05) is 6.20 Å². The van der Waals surface area contributed by atoms with Gasteiger partial charge in [-0.1, -0.05) is 0 Å². The van der Waals surface area contributed by atoms with Crippen LogP contribution < -0.4 is 8.77 Å². The molecule has 0 unspecified atom stereocenters. The molecular formula is C22H38ClNOSiSn. The molecule has 0 fully saturated rings. The van der Waals surface area contributed by atoms with E-state index in [0.29, 0.717) is 5.22 Å². The van der Waals surface area contributed by atoms with E-state index in [4.69, 9.17) is 21.0 Å². The van der Waals surface area contributed by atoms with E-state index < -0.39 is 26.5 Å². The second kappa shape index (κ2) is 10.2. The van der Waals surface area contributed by atoms with Gasteiger partial charge in [-0.2, -0.15) is 0 Å². The maximum absolute atomic E-state index is 6.64. The van der Waals surface area contributed by atoms with E-state index in [2.05, 4.69) is 46.5 Å². The Morgan fingerprint density at radius 3 is 1.93 bits per heavy atom. The second-order valence-corrected chi connectivity index (χ2v) is 27.6. The third-order valence-electron chi connectivity index (χ3n) is 5.88. The van der Waals surface area contributed by atoms with E-state index >= 15 is 0 Å². The summed E-state index contributed by atoms with van der Waals surface area (Å²) in [6.07, 6.45) is 9.94. The molecule has 2 heterocycles. The fourth-order valence-corrected chi connectivity index (χ4v) is 23.3. The summed E-state index contributed by atoms with van der Waals surface area (Å²) in [6.45, 7) is 14.0. The van der Waals surface area contributed by atoms with Crippen LogP contribution in [0.25, 0.3) is 11.1 Å². The SMILES string of the molecule is CCC[CH2][Sn]([CH2]CCC)([CH2]CCC)[c]1ccnc2c([Si](C)(C)C)c(Cl)oc12. The second-order valence-electron chi connectivity index (χ2n) is 9.13. The summed E-state index contributed by atoms with van der Waals surface area (Å²) in [5.74, 6) is 0. The van der Waals surface area contributed by atoms with Crippen molar-refractivity contribution >= 4 is 57.9 Å². The average molecular weight is 515 g/mol. The first kappa shape index (κ1) is 23.3. The summed E-state index contributed by atoms with van der Waals surface area (Å²) >= 11 is 4.06. The number of halogens is 1. The van der Waals surface area contributed by atoms with Gasteiger partial charge in [0.15, 0.2) is 0 Å². The molecule has 0 aliphatic heterocycles. The fourth-order valence-electron chi connectivity index (χ4n) is 4.36. The number of aromatic nitrogens is 1. The normalized spacial score (nSPS) is 12.9. The van der Waals surface area contributed by atoms with Gasteiger partial charge >= 0.3 is 177 Å². The molecule has 2 nitrogen and oxygen atoms in total. The zero-order valence-electron chi connectivity index (χ0n) is 18.3. The van der Waals surface area contributed by atoms with Gasteiger partial charge < -0.3 is 0 Å². The Hall–Kier alpha value is -0.00442. The van der Waals surface area contributed by atoms with E-state index in [-0.39, 0.29) is 0 Å². The van der Waals surface area contributed by atoms with Crippen LogP contribution in [0, 0.1) is 0 Å². The van der Waals surface area contributed by atoms with Gasteiger partial charge in [0.2, 0.25) is 0 Å². The molecule has 0 saturated heterocycles. The molecule has 0 radical (unpaired) electrons. The number of nitrogens with zero attached hydrogens (tertiary/aromatic N) is 1. The Morgan fingerprint density at radius 1 is 0.963 bits per heavy atom. The van der Waals surface area contributed by atoms with Crippen LogP contribution in [0.5, 0.6) is 0 Å². The monoisotopic (exact) mass is 515 g/mol. The van der Waals surface area contributed by atoms with Crippen LogP contribution in [-0.4, -0.2) is 31.4 Å². The van der Waals surface area contributed by atoms with Crippen LogP contribution in [0.2, 0.25) is 38.2 Å². The van der Waals surface area contributed by atoms with Gasteiger partial charge in [0.1, 0.15) is 0 Å². The quantitative estimate of drug-likeness (QED) is 0.299. The van der Waals surface area contributed by atoms with Crippen LogP contribution in [-0.2, 0) is 0 Å². The summed E-state index contributed by atoms with van der Waals surface area (Å²) in [5.41, 5.74) is 2.13. The van der Waals surface area contributed by atoms with Crippen molar-refractivity contribution in [2.45, 2.75) is 92.2 Å². The maximum atomic E-state index is 6.64. The summed E-state index contributed by atoms with van der Waals surface area (Å²) in [6, 6.07) is 2.31. The number of pyridine rings is 1. The molecule has 0 aliphatic rings. The van der Waals surface area contributed by atoms with Crippen LogP contribution in [0.3, 0.4) is 0 Å². The summed E-state index contributed by atoms with van der Waals surface area (Å²) in [7, 11) is -1.61. The molecule has 0 aliphatic carbocycles. The number of furan rings is 1. The van der Waals surface area contributed by atoms with Crippen LogP contribution >= 0.6 is 11.6 Å². The number of fused-ring (bicyclic) bond motifs is 1. The number of rotatable bonds is 11. The van der Waals surface area contributed by atoms with Crippen molar-refractivity contribution in [1.82, 2.24) is 4.98 Å². The zero-order valence-corrected chi connectivity index (χ0v) is 22.9. The molecule has 0 saturated carbocycles. The molecule has 2 rings (SSSR count). The van der Waals surface area contributed by atoms with Crippen molar-refractivity contribution < 1.29 is 4.42 Å². The van der Waals surface area contributed by atoms with Crippen LogP contribution in [0.4, 0.5) is 0 Å². The van der Waals surface area contributed by atoms with Crippen LogP contribution in [0.1, 0.15) is 59.3 Å². The molecule has 27 heavy (non-hydrogen) atoms. The predicted molar refractivity (Wildman–Crippen MR) is 127 cm³/mol. The minimum absolute atomic E-state index is 0.603. The first-order chi connectivity index (χ1) is 12.8. The van der Waals surface area contributed by atoms with E-state index in [0.717, 1.165) is 11.1 Å². The van der Waals surface area contributed by atoms with Crippen molar-refractivity contribution in [2.75, 3.05) is 0 Å². The van der Waals surface area contributed by atoms with Gasteiger partial charge in [-0.15, -0.1) is 0 Å². The molecule has 0 spiro atoms. The van der Waals surface area contributed by atoms with Gasteiger partial charge in [0.25, 0.3) is 0 Å². The van der Waals surface area contributed by atoms with E-state index in [9.17, 15) is 0 Å². The minimum atomic E-state index is -2.58. The van der Waals surface area contributed by atoms with Crippen LogP contribution in [0.15, 0.2) is 16.7 Å². The molecule has 2 aromatic rings. The molecule has 0 N–H and O–H groups in total. The molecule has 2 aromatic heterocycles. The Balaban J connectivity index is 2.68. The Bertz CT molecular complexity index is 716. The van der Waals surface area contributed by atoms with Gasteiger partial charge in [-0.05, 0) is 0 Å². The number of hydrogen-bond donors (Lipinski definition) is 0. The molecule has 0 atom stereocenters. The summed E-state index contributed by atoms with van der Waals surface area (Å²) in [5, 5.41) is 1.81. The average Bonchev–Trinajstić information content (AvgIpc) is 2.97. The first-order valence-electron chi connectivity index (χ1n) is 10.9. The first-order valence-corrected chi connectivity index (χ1v) is 22.2. The molecular weight excluding hydrogens is 476 g/mol. The molecule has 0 bridgehead atoms. The van der Waals surface area contributed by atoms with Crippen molar-refractivity contribution in [1.29, 1.82) is 0 Å². The fraction of sp³-hybridized carbons (Fsp3) is 0.682. The van der Waals surface area contributed by atoms with Gasteiger partial charge in [-0.25, -0.2) is 0 Å². The van der Waals surface area contributed by atoms with Crippen molar-refractivity contribution in [2.24, 2.45) is 0 Å². The molecule has 5 heteroatoms. The predicted octanol–water partition coefficient (Wildman–Crippen LogP) is 7.08. The number of unbranched alkanes of at least 4 members (excludes halogenated alkanes) is 3. The number of hydrogen-bond acceptors (Lipinski definition) is 2. The summed E-state index contributed by atoms with van der Waals surface area (Å²) in [4.78, 5) is 4.77. The van der Waals surface area contributed by atoms with E-state index in [1.165, 1.54) is 57.0 Å². The van der Waals surface area contributed by atoms with Crippen molar-refractivity contribution in [3.05, 3.63) is 17.5 Å². The van der Waals surface area contributed by atoms with E-state index in [1.54, 1.807) is 3.58 Å². The van der Waals surface area contributed by atoms with Crippen molar-refractivity contribution in [3.63, 3.8) is 0 Å². The topological polar surface area (TPSA) is 26.0 Å². The zero-order chi connectivity index (χ0) is 20.1. The third kappa shape index (κ3) is 5.33. The van der Waals surface area contributed by atoms with Crippen molar-refractivity contribution in [3.8, 4) is 0 Å². The third-order valence-corrected chi connectivity index (χ3v) is 23.9. The standard InChI is InChI=1S/C10H11ClNOSi.3C4H9.Sn/c1-14(2,3)9-8-7(13-10(9)11)5-4-6-12-8;3*1-3-4-2;/h4,6H,1-3H3;3*1,3-4H2,2H3;. The Kier molecular flexibility index (Phi) is 8.75. The molecule has 0 amide bonds. The summed E-state index contributed by atoms with van der Waals surface area (Å²) < 4.78 is 12.2. The van der Waals surface area contributed by atoms with Gasteiger partial charge in [0, 0.05) is 0 Å². The molecule has 0 aromatic carbocycles.